The van der Waals surface area contributed by atoms with Crippen LogP contribution >= 0.6 is 26.4 Å². The number of carbonyl (C=O) groups excluding carboxylic acids is 2. The van der Waals surface area contributed by atoms with Crippen molar-refractivity contribution in [3.05, 3.63) is 183 Å². The summed E-state index contributed by atoms with van der Waals surface area (Å²) >= 11 is 6.40. The molecule has 0 bridgehead atoms. The van der Waals surface area contributed by atoms with Gasteiger partial charge in [0.1, 0.15) is 11.9 Å². The SMILES string of the molecule is CC(=O)n1c(P(c2ccccc2)c2ccccc2)nc2ccccc21.CC(=O)n1cnc2ccccc21.ClP(c1ccccc1)c1ccccc1.[CH2-]CCC.[Li+]. The first kappa shape index (κ1) is 44.1. The average Bonchev–Trinajstić information content (AvgIpc) is 3.85. The molecule has 0 aliphatic rings. The number of aromatic nitrogens is 4. The Morgan fingerprint density at radius 1 is 0.589 bits per heavy atom. The summed E-state index contributed by atoms with van der Waals surface area (Å²) < 4.78 is 3.30. The van der Waals surface area contributed by atoms with Crippen LogP contribution in [-0.4, -0.2) is 30.9 Å². The van der Waals surface area contributed by atoms with Gasteiger partial charge in [0, 0.05) is 21.8 Å². The molecule has 6 aromatic carbocycles. The molecule has 2 heterocycles. The Balaban J connectivity index is 0.000000190. The summed E-state index contributed by atoms with van der Waals surface area (Å²) in [6.07, 6.45) is 3.83. The molecule has 0 radical (unpaired) electrons. The molecule has 0 amide bonds. The second-order valence-corrected chi connectivity index (χ2v) is 16.9. The van der Waals surface area contributed by atoms with Gasteiger partial charge < -0.3 is 6.92 Å². The Morgan fingerprint density at radius 3 is 1.41 bits per heavy atom. The molecule has 0 saturated carbocycles. The van der Waals surface area contributed by atoms with Crippen LogP contribution in [-0.2, 0) is 0 Å². The molecule has 2 aromatic heterocycles. The van der Waals surface area contributed by atoms with Crippen molar-refractivity contribution in [2.24, 2.45) is 0 Å². The fourth-order valence-corrected chi connectivity index (χ4v) is 9.68. The number of fused-ring (bicyclic) bond motifs is 2. The van der Waals surface area contributed by atoms with E-state index >= 15 is 0 Å². The maximum Gasteiger partial charge on any atom is 1.00 e. The van der Waals surface area contributed by atoms with Crippen LogP contribution in [0, 0.1) is 6.92 Å². The van der Waals surface area contributed by atoms with E-state index in [0.29, 0.717) is 0 Å². The smallest absolute Gasteiger partial charge is 0.343 e. The van der Waals surface area contributed by atoms with E-state index in [2.05, 4.69) is 67.4 Å². The predicted octanol–water partition coefficient (Wildman–Crippen LogP) is 7.05. The quantitative estimate of drug-likeness (QED) is 0.103. The van der Waals surface area contributed by atoms with Crippen LogP contribution in [0.3, 0.4) is 0 Å². The first-order chi connectivity index (χ1) is 26.8. The zero-order valence-corrected chi connectivity index (χ0v) is 34.8. The van der Waals surface area contributed by atoms with Crippen LogP contribution in [0.5, 0.6) is 0 Å². The molecule has 0 aliphatic heterocycles. The molecular formula is C46H44ClLiN4O2P2. The van der Waals surface area contributed by atoms with Crippen LogP contribution < -0.4 is 45.6 Å². The molecule has 0 saturated heterocycles. The third kappa shape index (κ3) is 11.7. The number of para-hydroxylation sites is 4. The molecule has 10 heteroatoms. The van der Waals surface area contributed by atoms with E-state index < -0.39 is 15.2 Å². The number of benzene rings is 6. The second-order valence-electron chi connectivity index (χ2n) is 12.2. The minimum atomic E-state index is -0.915. The van der Waals surface area contributed by atoms with Crippen LogP contribution in [0.15, 0.2) is 176 Å². The molecule has 278 valence electrons. The maximum absolute atomic E-state index is 12.4. The molecule has 6 nitrogen and oxygen atoms in total. The third-order valence-electron chi connectivity index (χ3n) is 8.20. The second kappa shape index (κ2) is 22.8. The number of rotatable bonds is 6. The summed E-state index contributed by atoms with van der Waals surface area (Å²) in [6.45, 7) is 8.84. The summed E-state index contributed by atoms with van der Waals surface area (Å²) in [4.78, 5) is 32.4. The largest absolute Gasteiger partial charge is 1.00 e. The predicted molar refractivity (Wildman–Crippen MR) is 236 cm³/mol. The van der Waals surface area contributed by atoms with Crippen molar-refractivity contribution in [1.82, 2.24) is 19.1 Å². The van der Waals surface area contributed by atoms with Gasteiger partial charge in [-0.05, 0) is 45.5 Å². The summed E-state index contributed by atoms with van der Waals surface area (Å²) in [5.74, 6) is -0.0215. The number of hydrogen-bond acceptors (Lipinski definition) is 4. The molecule has 8 aromatic rings. The van der Waals surface area contributed by atoms with Crippen molar-refractivity contribution in [1.29, 1.82) is 0 Å². The van der Waals surface area contributed by atoms with E-state index in [1.807, 2.05) is 121 Å². The molecular weight excluding hydrogens is 745 g/mol. The molecule has 0 atom stereocenters. The maximum atomic E-state index is 12.4. The summed E-state index contributed by atoms with van der Waals surface area (Å²) in [7, 11) is -1.61. The Hall–Kier alpha value is -4.65. The number of carbonyl (C=O) groups is 2. The van der Waals surface area contributed by atoms with Crippen molar-refractivity contribution >= 4 is 87.1 Å². The summed E-state index contributed by atoms with van der Waals surface area (Å²) in [6, 6.07) is 56.4. The summed E-state index contributed by atoms with van der Waals surface area (Å²) in [5.41, 5.74) is 4.26. The molecule has 8 rings (SSSR count). The van der Waals surface area contributed by atoms with Crippen molar-refractivity contribution < 1.29 is 28.4 Å². The molecule has 56 heavy (non-hydrogen) atoms. The van der Waals surface area contributed by atoms with Gasteiger partial charge in [-0.2, -0.15) is 6.42 Å². The Bertz CT molecular complexity index is 2310. The van der Waals surface area contributed by atoms with Crippen molar-refractivity contribution in [2.75, 3.05) is 0 Å². The Labute approximate surface area is 349 Å². The first-order valence-electron chi connectivity index (χ1n) is 18.0. The van der Waals surface area contributed by atoms with E-state index in [1.54, 1.807) is 17.8 Å². The van der Waals surface area contributed by atoms with E-state index in [0.717, 1.165) is 34.1 Å². The minimum Gasteiger partial charge on any atom is -0.343 e. The topological polar surface area (TPSA) is 69.8 Å². The number of halogens is 1. The van der Waals surface area contributed by atoms with Crippen LogP contribution in [0.25, 0.3) is 22.1 Å². The average molecular weight is 789 g/mol. The van der Waals surface area contributed by atoms with Crippen LogP contribution in [0.1, 0.15) is 43.2 Å². The van der Waals surface area contributed by atoms with Gasteiger partial charge in [0.05, 0.1) is 29.3 Å². The zero-order chi connectivity index (χ0) is 39.0. The molecule has 0 spiro atoms. The number of unbranched alkanes of at least 4 members (excludes halogenated alkanes) is 1. The zero-order valence-electron chi connectivity index (χ0n) is 32.2. The van der Waals surface area contributed by atoms with Gasteiger partial charge in [0.15, 0.2) is 0 Å². The van der Waals surface area contributed by atoms with Crippen molar-refractivity contribution in [3.63, 3.8) is 0 Å². The molecule has 0 unspecified atom stereocenters. The first-order valence-corrected chi connectivity index (χ1v) is 21.6. The number of nitrogens with zero attached hydrogens (tertiary/aromatic N) is 4. The van der Waals surface area contributed by atoms with Crippen molar-refractivity contribution in [2.45, 2.75) is 33.6 Å². The molecule has 0 N–H and O–H groups in total. The van der Waals surface area contributed by atoms with Gasteiger partial charge in [-0.25, -0.2) is 9.97 Å². The molecule has 0 aliphatic carbocycles. The van der Waals surface area contributed by atoms with Gasteiger partial charge >= 0.3 is 18.9 Å². The van der Waals surface area contributed by atoms with Gasteiger partial charge in [-0.3, -0.25) is 18.7 Å². The molecule has 0 fully saturated rings. The van der Waals surface area contributed by atoms with Gasteiger partial charge in [0.25, 0.3) is 0 Å². The standard InChI is InChI=1S/C21H17N2OP.C12H10ClP.C9H8N2O.C4H9.Li/c1-16(24)23-20-15-9-8-14-19(20)22-21(23)25(17-10-4-2-5-11-17)18-12-6-3-7-13-18;13-14(11-7-3-1-4-8-11)12-9-5-2-6-10-12;1-7(12)11-6-10-8-4-2-3-5-9(8)11;1-3-4-2;/h2-15H,1H3;1-10H;2-6H,1H3;1,3-4H2,2H3;/q;;;-1;+1. The van der Waals surface area contributed by atoms with Gasteiger partial charge in [0.2, 0.25) is 11.8 Å². The minimum absolute atomic E-state index is 0. The van der Waals surface area contributed by atoms with E-state index in [9.17, 15) is 9.59 Å². The van der Waals surface area contributed by atoms with E-state index in [4.69, 9.17) is 16.2 Å². The number of imidazole rings is 2. The van der Waals surface area contributed by atoms with Gasteiger partial charge in [-0.15, -0.1) is 0 Å². The Kier molecular flexibility index (Phi) is 17.9. The fourth-order valence-electron chi connectivity index (χ4n) is 5.48. The van der Waals surface area contributed by atoms with E-state index in [1.165, 1.54) is 39.1 Å². The van der Waals surface area contributed by atoms with Gasteiger partial charge in [-0.1, -0.05) is 170 Å². The Morgan fingerprint density at radius 2 is 0.982 bits per heavy atom. The van der Waals surface area contributed by atoms with Crippen molar-refractivity contribution in [3.8, 4) is 0 Å². The van der Waals surface area contributed by atoms with E-state index in [-0.39, 0.29) is 30.7 Å². The summed E-state index contributed by atoms with van der Waals surface area (Å²) in [5, 5.41) is 4.77. The third-order valence-corrected chi connectivity index (χ3v) is 13.2. The normalized spacial score (nSPS) is 10.3. The monoisotopic (exact) mass is 788 g/mol. The number of hydrogen-bond donors (Lipinski definition) is 0. The van der Waals surface area contributed by atoms with Crippen LogP contribution in [0.4, 0.5) is 0 Å². The van der Waals surface area contributed by atoms with Crippen LogP contribution in [0.2, 0.25) is 0 Å². The fraction of sp³-hybridized carbons (Fsp3) is 0.109.